The molecule has 0 saturated carbocycles. The number of carbonyl (C=O) groups excluding carboxylic acids is 1. The molecule has 1 heterocycles. The fourth-order valence-electron chi connectivity index (χ4n) is 3.09. The molecule has 3 N–H and O–H groups in total. The van der Waals surface area contributed by atoms with Crippen LogP contribution in [0.1, 0.15) is 15.9 Å². The van der Waals surface area contributed by atoms with Crippen LogP contribution in [-0.4, -0.2) is 52.6 Å². The Balaban J connectivity index is 1.78. The van der Waals surface area contributed by atoms with Crippen LogP contribution in [-0.2, 0) is 16.0 Å². The van der Waals surface area contributed by atoms with E-state index < -0.39 is 0 Å². The number of carbonyl (C=O) groups is 1. The van der Waals surface area contributed by atoms with E-state index in [2.05, 4.69) is 5.32 Å². The molecular weight excluding hydrogens is 376 g/mol. The number of nitrogens with two attached hydrogens (primary N) is 1. The first-order valence-corrected chi connectivity index (χ1v) is 9.23. The number of nitrogens with one attached hydrogen (secondary N) is 1. The molecule has 156 valence electrons. The maximum absolute atomic E-state index is 12.6. The summed E-state index contributed by atoms with van der Waals surface area (Å²) in [6.45, 7) is 1.28. The van der Waals surface area contributed by atoms with Gasteiger partial charge in [0.15, 0.2) is 23.0 Å². The number of rotatable bonds is 8. The van der Waals surface area contributed by atoms with Crippen molar-refractivity contribution in [1.29, 1.82) is 0 Å². The molecule has 0 bridgehead atoms. The summed E-state index contributed by atoms with van der Waals surface area (Å²) in [4.78, 5) is 12.6. The molecule has 1 fully saturated rings. The van der Waals surface area contributed by atoms with Crippen molar-refractivity contribution in [2.24, 2.45) is 5.73 Å². The van der Waals surface area contributed by atoms with Gasteiger partial charge in [-0.1, -0.05) is 6.07 Å². The normalized spacial score (nSPS) is 18.3. The van der Waals surface area contributed by atoms with E-state index in [0.717, 1.165) is 5.56 Å². The van der Waals surface area contributed by atoms with Gasteiger partial charge in [-0.05, 0) is 35.9 Å². The van der Waals surface area contributed by atoms with E-state index in [4.69, 9.17) is 29.4 Å². The third-order valence-electron chi connectivity index (χ3n) is 4.76. The molecule has 0 spiro atoms. The third-order valence-corrected chi connectivity index (χ3v) is 4.76. The zero-order valence-electron chi connectivity index (χ0n) is 16.8. The molecule has 1 saturated heterocycles. The summed E-state index contributed by atoms with van der Waals surface area (Å²) in [7, 11) is 4.68. The van der Waals surface area contributed by atoms with Crippen molar-refractivity contribution in [2.45, 2.75) is 18.7 Å². The summed E-state index contributed by atoms with van der Waals surface area (Å²) in [5.41, 5.74) is 7.05. The SMILES string of the molecule is COc1cc(CN)ccc1Oc1ccc(C(=O)N[C@H]2COC[C@H]2OC)cc1OC. The van der Waals surface area contributed by atoms with Crippen molar-refractivity contribution in [1.82, 2.24) is 5.32 Å². The van der Waals surface area contributed by atoms with Gasteiger partial charge in [0, 0.05) is 19.2 Å². The minimum absolute atomic E-state index is 0.160. The van der Waals surface area contributed by atoms with Gasteiger partial charge in [0.25, 0.3) is 5.91 Å². The lowest BCUT2D eigenvalue weighted by Gasteiger charge is -2.18. The van der Waals surface area contributed by atoms with Gasteiger partial charge in [-0.2, -0.15) is 0 Å². The molecule has 8 heteroatoms. The Hall–Kier alpha value is -2.81. The van der Waals surface area contributed by atoms with Crippen molar-refractivity contribution in [2.75, 3.05) is 34.5 Å². The molecule has 1 amide bonds. The van der Waals surface area contributed by atoms with Crippen molar-refractivity contribution in [3.8, 4) is 23.0 Å². The molecule has 2 aromatic carbocycles. The van der Waals surface area contributed by atoms with E-state index in [-0.39, 0.29) is 18.1 Å². The van der Waals surface area contributed by atoms with Crippen molar-refractivity contribution < 1.29 is 28.5 Å². The molecule has 0 aliphatic carbocycles. The predicted octanol–water partition coefficient (Wildman–Crippen LogP) is 2.10. The Labute approximate surface area is 169 Å². The molecule has 0 unspecified atom stereocenters. The summed E-state index contributed by atoms with van der Waals surface area (Å²) in [6.07, 6.45) is -0.160. The molecule has 1 aliphatic rings. The molecule has 29 heavy (non-hydrogen) atoms. The summed E-state index contributed by atoms with van der Waals surface area (Å²) in [6, 6.07) is 10.3. The predicted molar refractivity (Wildman–Crippen MR) is 107 cm³/mol. The molecule has 8 nitrogen and oxygen atoms in total. The molecule has 0 radical (unpaired) electrons. The highest BCUT2D eigenvalue weighted by molar-refractivity contribution is 5.95. The molecule has 2 atom stereocenters. The second-order valence-corrected chi connectivity index (χ2v) is 6.55. The zero-order chi connectivity index (χ0) is 20.8. The van der Waals surface area contributed by atoms with E-state index in [1.165, 1.54) is 7.11 Å². The zero-order valence-corrected chi connectivity index (χ0v) is 16.8. The van der Waals surface area contributed by atoms with Crippen LogP contribution in [0.2, 0.25) is 0 Å². The van der Waals surface area contributed by atoms with Crippen molar-refractivity contribution in [3.63, 3.8) is 0 Å². The number of methoxy groups -OCH3 is 3. The summed E-state index contributed by atoms with van der Waals surface area (Å²) >= 11 is 0. The Morgan fingerprint density at radius 3 is 2.38 bits per heavy atom. The monoisotopic (exact) mass is 402 g/mol. The standard InChI is InChI=1S/C21H26N2O6/c1-25-18-8-13(10-22)4-6-16(18)29-17-7-5-14(9-19(17)26-2)21(24)23-15-11-28-12-20(15)27-3/h4-9,15,20H,10-12,22H2,1-3H3,(H,23,24)/t15-,20+/m0/s1. The van der Waals surface area contributed by atoms with Gasteiger partial charge in [0.2, 0.25) is 0 Å². The van der Waals surface area contributed by atoms with E-state index in [0.29, 0.717) is 48.3 Å². The van der Waals surface area contributed by atoms with Gasteiger partial charge in [0.1, 0.15) is 6.10 Å². The summed E-state index contributed by atoms with van der Waals surface area (Å²) in [5, 5.41) is 2.93. The lowest BCUT2D eigenvalue weighted by atomic mass is 10.1. The van der Waals surface area contributed by atoms with Gasteiger partial charge < -0.3 is 34.7 Å². The number of amides is 1. The lowest BCUT2D eigenvalue weighted by Crippen LogP contribution is -2.43. The van der Waals surface area contributed by atoms with Gasteiger partial charge in [-0.15, -0.1) is 0 Å². The lowest BCUT2D eigenvalue weighted by molar-refractivity contribution is 0.0685. The number of hydrogen-bond donors (Lipinski definition) is 2. The molecule has 1 aliphatic heterocycles. The quantitative estimate of drug-likeness (QED) is 0.697. The maximum Gasteiger partial charge on any atom is 0.251 e. The fourth-order valence-corrected chi connectivity index (χ4v) is 3.09. The Morgan fingerprint density at radius 1 is 1.03 bits per heavy atom. The van der Waals surface area contributed by atoms with Crippen LogP contribution < -0.4 is 25.3 Å². The molecular formula is C21H26N2O6. The first kappa shape index (κ1) is 20.9. The summed E-state index contributed by atoms with van der Waals surface area (Å²) in [5.74, 6) is 1.72. The average molecular weight is 402 g/mol. The van der Waals surface area contributed by atoms with Crippen LogP contribution in [0, 0.1) is 0 Å². The Kier molecular flexibility index (Phi) is 6.92. The third kappa shape index (κ3) is 4.79. The molecule has 3 rings (SSSR count). The highest BCUT2D eigenvalue weighted by Gasteiger charge is 2.30. The van der Waals surface area contributed by atoms with Gasteiger partial charge in [-0.3, -0.25) is 4.79 Å². The average Bonchev–Trinajstić information content (AvgIpc) is 3.21. The Bertz CT molecular complexity index is 857. The summed E-state index contributed by atoms with van der Waals surface area (Å²) < 4.78 is 27.5. The number of ether oxygens (including phenoxy) is 5. The van der Waals surface area contributed by atoms with Crippen LogP contribution in [0.5, 0.6) is 23.0 Å². The first-order chi connectivity index (χ1) is 14.1. The van der Waals surface area contributed by atoms with Crippen LogP contribution in [0.4, 0.5) is 0 Å². The van der Waals surface area contributed by atoms with Crippen LogP contribution in [0.3, 0.4) is 0 Å². The van der Waals surface area contributed by atoms with E-state index in [9.17, 15) is 4.79 Å². The van der Waals surface area contributed by atoms with E-state index in [1.54, 1.807) is 38.5 Å². The first-order valence-electron chi connectivity index (χ1n) is 9.23. The molecule has 2 aromatic rings. The number of benzene rings is 2. The van der Waals surface area contributed by atoms with E-state index >= 15 is 0 Å². The highest BCUT2D eigenvalue weighted by Crippen LogP contribution is 2.37. The second kappa shape index (κ2) is 9.60. The minimum Gasteiger partial charge on any atom is -0.493 e. The van der Waals surface area contributed by atoms with Crippen LogP contribution in [0.25, 0.3) is 0 Å². The van der Waals surface area contributed by atoms with Crippen LogP contribution in [0.15, 0.2) is 36.4 Å². The number of hydrogen-bond acceptors (Lipinski definition) is 7. The van der Waals surface area contributed by atoms with Gasteiger partial charge in [-0.25, -0.2) is 0 Å². The van der Waals surface area contributed by atoms with E-state index in [1.807, 2.05) is 12.1 Å². The van der Waals surface area contributed by atoms with Gasteiger partial charge >= 0.3 is 0 Å². The fraction of sp³-hybridized carbons (Fsp3) is 0.381. The molecule has 0 aromatic heterocycles. The maximum atomic E-state index is 12.6. The second-order valence-electron chi connectivity index (χ2n) is 6.55. The van der Waals surface area contributed by atoms with Crippen molar-refractivity contribution in [3.05, 3.63) is 47.5 Å². The van der Waals surface area contributed by atoms with Crippen molar-refractivity contribution >= 4 is 5.91 Å². The smallest absolute Gasteiger partial charge is 0.251 e. The minimum atomic E-state index is -0.239. The van der Waals surface area contributed by atoms with Crippen LogP contribution >= 0.6 is 0 Å². The Morgan fingerprint density at radius 2 is 1.72 bits per heavy atom. The highest BCUT2D eigenvalue weighted by atomic mass is 16.5. The largest absolute Gasteiger partial charge is 0.493 e. The van der Waals surface area contributed by atoms with Gasteiger partial charge in [0.05, 0.1) is 33.5 Å². The topological polar surface area (TPSA) is 101 Å².